The average molecular weight is 311 g/mol. The fourth-order valence-corrected chi connectivity index (χ4v) is 2.43. The summed E-state index contributed by atoms with van der Waals surface area (Å²) in [6, 6.07) is 12.6. The number of carbonyl (C=O) groups excluding carboxylic acids is 1. The van der Waals surface area contributed by atoms with Crippen LogP contribution in [0.5, 0.6) is 11.5 Å². The lowest BCUT2D eigenvalue weighted by atomic mass is 10.2. The Morgan fingerprint density at radius 3 is 2.65 bits per heavy atom. The summed E-state index contributed by atoms with van der Waals surface area (Å²) in [6.07, 6.45) is 1.34. The van der Waals surface area contributed by atoms with Crippen molar-refractivity contribution in [2.24, 2.45) is 5.73 Å². The van der Waals surface area contributed by atoms with Crippen LogP contribution in [0.4, 0.5) is 0 Å². The number of para-hydroxylation sites is 2. The number of rotatable bonds is 5. The van der Waals surface area contributed by atoms with E-state index in [9.17, 15) is 4.79 Å². The molecule has 0 spiro atoms. The van der Waals surface area contributed by atoms with Gasteiger partial charge in [0.2, 0.25) is 5.91 Å². The lowest BCUT2D eigenvalue weighted by Gasteiger charge is -2.18. The third-order valence-corrected chi connectivity index (χ3v) is 3.62. The lowest BCUT2D eigenvalue weighted by molar-refractivity contribution is 0.1000. The quantitative estimate of drug-likeness (QED) is 0.785. The highest BCUT2D eigenvalue weighted by molar-refractivity contribution is 5.96. The number of imidazole rings is 1. The van der Waals surface area contributed by atoms with Crippen molar-refractivity contribution in [2.45, 2.75) is 13.2 Å². The van der Waals surface area contributed by atoms with Crippen LogP contribution in [0.2, 0.25) is 0 Å². The summed E-state index contributed by atoms with van der Waals surface area (Å²) in [7, 11) is 1.60. The van der Waals surface area contributed by atoms with Gasteiger partial charge in [0.1, 0.15) is 0 Å². The van der Waals surface area contributed by atoms with E-state index in [1.54, 1.807) is 31.6 Å². The van der Waals surface area contributed by atoms with E-state index in [1.807, 2.05) is 35.8 Å². The van der Waals surface area contributed by atoms with Gasteiger partial charge in [-0.25, -0.2) is 4.98 Å². The standard InChI is InChI=1S/C17H17N3O3/c1-11(23-16-6-4-3-5-15(16)22-2)20-10-19-13-8-7-12(17(18)21)9-14(13)20/h3-11H,1-2H3,(H2,18,21). The van der Waals surface area contributed by atoms with Gasteiger partial charge in [-0.3, -0.25) is 9.36 Å². The molecule has 1 unspecified atom stereocenters. The molecule has 0 aliphatic carbocycles. The van der Waals surface area contributed by atoms with E-state index in [2.05, 4.69) is 4.98 Å². The van der Waals surface area contributed by atoms with E-state index in [1.165, 1.54) is 0 Å². The first-order chi connectivity index (χ1) is 11.1. The van der Waals surface area contributed by atoms with Crippen LogP contribution in [0, 0.1) is 0 Å². The Hall–Kier alpha value is -3.02. The highest BCUT2D eigenvalue weighted by atomic mass is 16.5. The minimum Gasteiger partial charge on any atom is -0.493 e. The monoisotopic (exact) mass is 311 g/mol. The van der Waals surface area contributed by atoms with Gasteiger partial charge < -0.3 is 15.2 Å². The number of ether oxygens (including phenoxy) is 2. The van der Waals surface area contributed by atoms with E-state index in [-0.39, 0.29) is 6.23 Å². The minimum atomic E-state index is -0.474. The Morgan fingerprint density at radius 1 is 1.22 bits per heavy atom. The molecule has 118 valence electrons. The van der Waals surface area contributed by atoms with E-state index in [0.717, 1.165) is 11.0 Å². The number of nitrogens with two attached hydrogens (primary N) is 1. The number of methoxy groups -OCH3 is 1. The second kappa shape index (κ2) is 6.00. The number of nitrogens with zero attached hydrogens (tertiary/aromatic N) is 2. The number of fused-ring (bicyclic) bond motifs is 1. The number of carbonyl (C=O) groups is 1. The number of amides is 1. The van der Waals surface area contributed by atoms with Gasteiger partial charge in [0.25, 0.3) is 0 Å². The van der Waals surface area contributed by atoms with Crippen molar-refractivity contribution < 1.29 is 14.3 Å². The van der Waals surface area contributed by atoms with Crippen molar-refractivity contribution in [3.63, 3.8) is 0 Å². The van der Waals surface area contributed by atoms with Crippen LogP contribution >= 0.6 is 0 Å². The van der Waals surface area contributed by atoms with Gasteiger partial charge in [-0.1, -0.05) is 12.1 Å². The Bertz CT molecular complexity index is 857. The smallest absolute Gasteiger partial charge is 0.248 e. The first kappa shape index (κ1) is 14.9. The van der Waals surface area contributed by atoms with Crippen molar-refractivity contribution in [2.75, 3.05) is 7.11 Å². The zero-order valence-corrected chi connectivity index (χ0v) is 12.9. The Balaban J connectivity index is 1.96. The molecule has 0 fully saturated rings. The Labute approximate surface area is 133 Å². The van der Waals surface area contributed by atoms with Crippen LogP contribution in [0.1, 0.15) is 23.5 Å². The first-order valence-corrected chi connectivity index (χ1v) is 7.16. The number of benzene rings is 2. The molecular formula is C17H17N3O3. The highest BCUT2D eigenvalue weighted by Gasteiger charge is 2.14. The lowest BCUT2D eigenvalue weighted by Crippen LogP contribution is -2.13. The highest BCUT2D eigenvalue weighted by Crippen LogP contribution is 2.30. The molecule has 0 saturated carbocycles. The van der Waals surface area contributed by atoms with Crippen molar-refractivity contribution in [3.8, 4) is 11.5 Å². The Kier molecular flexibility index (Phi) is 3.89. The van der Waals surface area contributed by atoms with Crippen LogP contribution in [-0.4, -0.2) is 22.6 Å². The van der Waals surface area contributed by atoms with Crippen molar-refractivity contribution in [1.29, 1.82) is 0 Å². The zero-order chi connectivity index (χ0) is 16.4. The number of aromatic nitrogens is 2. The van der Waals surface area contributed by atoms with Gasteiger partial charge in [0.05, 0.1) is 24.5 Å². The third kappa shape index (κ3) is 2.83. The largest absolute Gasteiger partial charge is 0.493 e. The Morgan fingerprint density at radius 2 is 1.96 bits per heavy atom. The third-order valence-electron chi connectivity index (χ3n) is 3.62. The summed E-state index contributed by atoms with van der Waals surface area (Å²) in [5.41, 5.74) is 7.33. The van der Waals surface area contributed by atoms with Crippen molar-refractivity contribution in [1.82, 2.24) is 9.55 Å². The zero-order valence-electron chi connectivity index (χ0n) is 12.9. The predicted molar refractivity (Wildman–Crippen MR) is 86.6 cm³/mol. The topological polar surface area (TPSA) is 79.4 Å². The van der Waals surface area contributed by atoms with E-state index >= 15 is 0 Å². The van der Waals surface area contributed by atoms with Crippen LogP contribution < -0.4 is 15.2 Å². The van der Waals surface area contributed by atoms with Crippen LogP contribution in [0.3, 0.4) is 0 Å². The molecule has 2 N–H and O–H groups in total. The SMILES string of the molecule is COc1ccccc1OC(C)n1cnc2ccc(C(N)=O)cc21. The van der Waals surface area contributed by atoms with E-state index < -0.39 is 5.91 Å². The van der Waals surface area contributed by atoms with Crippen molar-refractivity contribution in [3.05, 3.63) is 54.4 Å². The maximum absolute atomic E-state index is 11.4. The molecule has 0 saturated heterocycles. The van der Waals surface area contributed by atoms with Gasteiger partial charge in [-0.2, -0.15) is 0 Å². The fourth-order valence-electron chi connectivity index (χ4n) is 2.43. The van der Waals surface area contributed by atoms with E-state index in [4.69, 9.17) is 15.2 Å². The fraction of sp³-hybridized carbons (Fsp3) is 0.176. The number of hydrogen-bond donors (Lipinski definition) is 1. The molecule has 6 nitrogen and oxygen atoms in total. The molecule has 0 bridgehead atoms. The molecule has 2 aromatic carbocycles. The summed E-state index contributed by atoms with van der Waals surface area (Å²) in [5, 5.41) is 0. The molecule has 1 amide bonds. The maximum atomic E-state index is 11.4. The molecule has 6 heteroatoms. The second-order valence-corrected chi connectivity index (χ2v) is 5.09. The summed E-state index contributed by atoms with van der Waals surface area (Å²) in [4.78, 5) is 15.7. The number of primary amides is 1. The van der Waals surface area contributed by atoms with E-state index in [0.29, 0.717) is 17.1 Å². The average Bonchev–Trinajstić information content (AvgIpc) is 2.98. The molecule has 0 aliphatic heterocycles. The van der Waals surface area contributed by atoms with Gasteiger partial charge in [0.15, 0.2) is 17.7 Å². The van der Waals surface area contributed by atoms with Crippen LogP contribution in [0.15, 0.2) is 48.8 Å². The molecular weight excluding hydrogens is 294 g/mol. The molecule has 3 aromatic rings. The summed E-state index contributed by atoms with van der Waals surface area (Å²) >= 11 is 0. The summed E-state index contributed by atoms with van der Waals surface area (Å²) in [6.45, 7) is 1.89. The summed E-state index contributed by atoms with van der Waals surface area (Å²) in [5.74, 6) is 0.815. The van der Waals surface area contributed by atoms with Gasteiger partial charge in [-0.05, 0) is 37.3 Å². The number of hydrogen-bond acceptors (Lipinski definition) is 4. The molecule has 1 heterocycles. The molecule has 3 rings (SSSR count). The molecule has 0 aliphatic rings. The predicted octanol–water partition coefficient (Wildman–Crippen LogP) is 2.74. The van der Waals surface area contributed by atoms with Crippen molar-refractivity contribution >= 4 is 16.9 Å². The molecule has 1 atom stereocenters. The minimum absolute atomic E-state index is 0.334. The summed E-state index contributed by atoms with van der Waals surface area (Å²) < 4.78 is 13.1. The normalized spacial score (nSPS) is 12.1. The maximum Gasteiger partial charge on any atom is 0.248 e. The van der Waals surface area contributed by atoms with Crippen LogP contribution in [-0.2, 0) is 0 Å². The molecule has 0 radical (unpaired) electrons. The molecule has 1 aromatic heterocycles. The van der Waals surface area contributed by atoms with Gasteiger partial charge >= 0.3 is 0 Å². The van der Waals surface area contributed by atoms with Gasteiger partial charge in [-0.15, -0.1) is 0 Å². The first-order valence-electron chi connectivity index (χ1n) is 7.16. The molecule has 23 heavy (non-hydrogen) atoms. The van der Waals surface area contributed by atoms with Gasteiger partial charge in [0, 0.05) is 5.56 Å². The second-order valence-electron chi connectivity index (χ2n) is 5.09. The van der Waals surface area contributed by atoms with Crippen LogP contribution in [0.25, 0.3) is 11.0 Å².